The molecule has 0 aliphatic heterocycles. The van der Waals surface area contributed by atoms with E-state index in [4.69, 9.17) is 0 Å². The van der Waals surface area contributed by atoms with Gasteiger partial charge in [-0.3, -0.25) is 0 Å². The first-order valence-electron chi connectivity index (χ1n) is 6.60. The zero-order valence-corrected chi connectivity index (χ0v) is 11.2. The predicted octanol–water partition coefficient (Wildman–Crippen LogP) is 4.01. The summed E-state index contributed by atoms with van der Waals surface area (Å²) in [7, 11) is 0. The maximum absolute atomic E-state index is 2.37. The Morgan fingerprint density at radius 3 is 2.00 bits per heavy atom. The first kappa shape index (κ1) is 13.2. The van der Waals surface area contributed by atoms with Gasteiger partial charge in [0.2, 0.25) is 0 Å². The molecule has 0 N–H and O–H groups in total. The van der Waals surface area contributed by atoms with E-state index in [0.29, 0.717) is 6.04 Å². The SMILES string of the molecule is CCC[N+](CC)(CC)C(C)c1ccccc1. The molecule has 1 heteroatoms. The molecular weight excluding hydrogens is 194 g/mol. The van der Waals surface area contributed by atoms with E-state index < -0.39 is 0 Å². The molecule has 1 aromatic rings. The summed E-state index contributed by atoms with van der Waals surface area (Å²) in [4.78, 5) is 0. The number of hydrogen-bond acceptors (Lipinski definition) is 0. The van der Waals surface area contributed by atoms with Gasteiger partial charge in [0.05, 0.1) is 19.6 Å². The van der Waals surface area contributed by atoms with Gasteiger partial charge in [-0.05, 0) is 27.2 Å². The number of rotatable bonds is 6. The Balaban J connectivity index is 2.95. The second kappa shape index (κ2) is 6.05. The van der Waals surface area contributed by atoms with Gasteiger partial charge in [0, 0.05) is 5.56 Å². The van der Waals surface area contributed by atoms with Crippen LogP contribution in [0.15, 0.2) is 30.3 Å². The van der Waals surface area contributed by atoms with Crippen LogP contribution in [-0.2, 0) is 0 Å². The van der Waals surface area contributed by atoms with Gasteiger partial charge in [0.1, 0.15) is 6.04 Å². The van der Waals surface area contributed by atoms with Crippen molar-refractivity contribution < 1.29 is 4.48 Å². The summed E-state index contributed by atoms with van der Waals surface area (Å²) >= 11 is 0. The lowest BCUT2D eigenvalue weighted by Gasteiger charge is -2.42. The summed E-state index contributed by atoms with van der Waals surface area (Å²) in [6.45, 7) is 13.0. The molecule has 1 nitrogen and oxygen atoms in total. The van der Waals surface area contributed by atoms with Gasteiger partial charge in [-0.15, -0.1) is 0 Å². The van der Waals surface area contributed by atoms with Crippen LogP contribution >= 0.6 is 0 Å². The van der Waals surface area contributed by atoms with Crippen molar-refractivity contribution in [1.82, 2.24) is 0 Å². The van der Waals surface area contributed by atoms with Crippen LogP contribution in [0.1, 0.15) is 45.7 Å². The summed E-state index contributed by atoms with van der Waals surface area (Å²) in [6.07, 6.45) is 1.26. The molecule has 0 aliphatic carbocycles. The minimum absolute atomic E-state index is 0.608. The van der Waals surface area contributed by atoms with Crippen molar-refractivity contribution in [1.29, 1.82) is 0 Å². The Labute approximate surface area is 101 Å². The molecule has 0 aliphatic rings. The second-order valence-corrected chi connectivity index (χ2v) is 4.66. The fourth-order valence-corrected chi connectivity index (χ4v) is 2.77. The van der Waals surface area contributed by atoms with Crippen molar-refractivity contribution in [3.63, 3.8) is 0 Å². The van der Waals surface area contributed by atoms with Crippen molar-refractivity contribution >= 4 is 0 Å². The summed E-state index contributed by atoms with van der Waals surface area (Å²) in [6, 6.07) is 11.5. The lowest BCUT2D eigenvalue weighted by molar-refractivity contribution is -0.952. The fourth-order valence-electron chi connectivity index (χ4n) is 2.77. The highest BCUT2D eigenvalue weighted by atomic mass is 15.4. The van der Waals surface area contributed by atoms with E-state index in [-0.39, 0.29) is 0 Å². The van der Waals surface area contributed by atoms with Crippen molar-refractivity contribution in [3.8, 4) is 0 Å². The molecule has 0 aromatic heterocycles. The molecule has 1 aromatic carbocycles. The van der Waals surface area contributed by atoms with E-state index in [2.05, 4.69) is 58.0 Å². The third-order valence-electron chi connectivity index (χ3n) is 4.03. The van der Waals surface area contributed by atoms with Crippen LogP contribution in [0.4, 0.5) is 0 Å². The van der Waals surface area contributed by atoms with Crippen LogP contribution in [0.5, 0.6) is 0 Å². The van der Waals surface area contributed by atoms with Crippen molar-refractivity contribution in [2.24, 2.45) is 0 Å². The topological polar surface area (TPSA) is 0 Å². The van der Waals surface area contributed by atoms with Crippen molar-refractivity contribution in [3.05, 3.63) is 35.9 Å². The average Bonchev–Trinajstić information content (AvgIpc) is 2.36. The van der Waals surface area contributed by atoms with Crippen LogP contribution in [0, 0.1) is 0 Å². The van der Waals surface area contributed by atoms with Crippen molar-refractivity contribution in [2.75, 3.05) is 19.6 Å². The van der Waals surface area contributed by atoms with Gasteiger partial charge in [-0.2, -0.15) is 0 Å². The minimum atomic E-state index is 0.608. The molecule has 16 heavy (non-hydrogen) atoms. The fraction of sp³-hybridized carbons (Fsp3) is 0.600. The van der Waals surface area contributed by atoms with Crippen LogP contribution in [0.2, 0.25) is 0 Å². The Bertz CT molecular complexity index is 288. The van der Waals surface area contributed by atoms with Gasteiger partial charge in [0.25, 0.3) is 0 Å². The molecule has 0 radical (unpaired) electrons. The molecule has 90 valence electrons. The zero-order valence-electron chi connectivity index (χ0n) is 11.2. The number of nitrogens with zero attached hydrogens (tertiary/aromatic N) is 1. The normalized spacial score (nSPS) is 13.8. The Morgan fingerprint density at radius 2 is 1.56 bits per heavy atom. The first-order valence-corrected chi connectivity index (χ1v) is 6.60. The summed E-state index contributed by atoms with van der Waals surface area (Å²) < 4.78 is 1.21. The highest BCUT2D eigenvalue weighted by Crippen LogP contribution is 2.28. The number of benzene rings is 1. The molecule has 0 heterocycles. The summed E-state index contributed by atoms with van der Waals surface area (Å²) in [5.41, 5.74) is 1.47. The average molecular weight is 220 g/mol. The molecule has 0 saturated carbocycles. The van der Waals surface area contributed by atoms with Crippen LogP contribution in [0.25, 0.3) is 0 Å². The standard InChI is InChI=1S/C15H26N/c1-5-13-16(6-2,7-3)14(4)15-11-9-8-10-12-15/h8-12,14H,5-7,13H2,1-4H3/q+1. The van der Waals surface area contributed by atoms with E-state index >= 15 is 0 Å². The maximum Gasteiger partial charge on any atom is 0.112 e. The van der Waals surface area contributed by atoms with Gasteiger partial charge in [-0.1, -0.05) is 37.3 Å². The van der Waals surface area contributed by atoms with Crippen LogP contribution in [0.3, 0.4) is 0 Å². The molecule has 1 atom stereocenters. The smallest absolute Gasteiger partial charge is 0.112 e. The Morgan fingerprint density at radius 1 is 1.00 bits per heavy atom. The third-order valence-corrected chi connectivity index (χ3v) is 4.03. The quantitative estimate of drug-likeness (QED) is 0.635. The van der Waals surface area contributed by atoms with Gasteiger partial charge in [0.15, 0.2) is 0 Å². The van der Waals surface area contributed by atoms with E-state index in [0.717, 1.165) is 0 Å². The molecule has 0 amide bonds. The van der Waals surface area contributed by atoms with Gasteiger partial charge in [-0.25, -0.2) is 0 Å². The highest BCUT2D eigenvalue weighted by Gasteiger charge is 2.30. The largest absolute Gasteiger partial charge is 0.318 e. The van der Waals surface area contributed by atoms with Crippen LogP contribution < -0.4 is 0 Å². The summed E-state index contributed by atoms with van der Waals surface area (Å²) in [5.74, 6) is 0. The Kier molecular flexibility index (Phi) is 5.01. The van der Waals surface area contributed by atoms with Gasteiger partial charge < -0.3 is 4.48 Å². The van der Waals surface area contributed by atoms with Gasteiger partial charge >= 0.3 is 0 Å². The lowest BCUT2D eigenvalue weighted by atomic mass is 10.0. The number of hydrogen-bond donors (Lipinski definition) is 0. The van der Waals surface area contributed by atoms with E-state index in [1.54, 1.807) is 0 Å². The number of quaternary nitrogens is 1. The second-order valence-electron chi connectivity index (χ2n) is 4.66. The Hall–Kier alpha value is -0.820. The van der Waals surface area contributed by atoms with Crippen LogP contribution in [-0.4, -0.2) is 24.1 Å². The lowest BCUT2D eigenvalue weighted by Crippen LogP contribution is -2.49. The minimum Gasteiger partial charge on any atom is -0.318 e. The molecule has 0 bridgehead atoms. The van der Waals surface area contributed by atoms with Crippen molar-refractivity contribution in [2.45, 2.75) is 40.2 Å². The van der Waals surface area contributed by atoms with E-state index in [1.165, 1.54) is 36.1 Å². The molecular formula is C15H26N+. The maximum atomic E-state index is 2.37. The summed E-state index contributed by atoms with van der Waals surface area (Å²) in [5, 5.41) is 0. The predicted molar refractivity (Wildman–Crippen MR) is 71.4 cm³/mol. The third kappa shape index (κ3) is 2.65. The molecule has 0 saturated heterocycles. The van der Waals surface area contributed by atoms with E-state index in [9.17, 15) is 0 Å². The first-order chi connectivity index (χ1) is 7.70. The highest BCUT2D eigenvalue weighted by molar-refractivity contribution is 5.16. The monoisotopic (exact) mass is 220 g/mol. The molecule has 1 unspecified atom stereocenters. The molecule has 0 spiro atoms. The van der Waals surface area contributed by atoms with E-state index in [1.807, 2.05) is 0 Å². The zero-order chi connectivity index (χ0) is 12.0. The molecule has 1 rings (SSSR count). The molecule has 0 fully saturated rings.